The first-order valence-electron chi connectivity index (χ1n) is 7.97. The van der Waals surface area contributed by atoms with Gasteiger partial charge in [-0.25, -0.2) is 0 Å². The van der Waals surface area contributed by atoms with Gasteiger partial charge in [0.25, 0.3) is 0 Å². The van der Waals surface area contributed by atoms with Gasteiger partial charge in [0.1, 0.15) is 0 Å². The normalized spacial score (nSPS) is 14.5. The lowest BCUT2D eigenvalue weighted by atomic mass is 10.1. The van der Waals surface area contributed by atoms with E-state index in [2.05, 4.69) is 63.7 Å². The molecule has 23 heavy (non-hydrogen) atoms. The van der Waals surface area contributed by atoms with Gasteiger partial charge in [0.05, 0.1) is 13.1 Å². The molecule has 0 bridgehead atoms. The Labute approximate surface area is 140 Å². The molecule has 0 aromatic heterocycles. The summed E-state index contributed by atoms with van der Waals surface area (Å²) in [5.41, 5.74) is 1.31. The third-order valence-electron chi connectivity index (χ3n) is 3.65. The molecule has 4 nitrogen and oxygen atoms in total. The molecule has 0 unspecified atom stereocenters. The Balaban J connectivity index is 0.000000238. The number of carboxylic acids is 1. The lowest BCUT2D eigenvalue weighted by molar-refractivity contribution is -0.136. The maximum absolute atomic E-state index is 10.2. The quantitative estimate of drug-likeness (QED) is 0.897. The van der Waals surface area contributed by atoms with E-state index in [9.17, 15) is 4.79 Å². The lowest BCUT2D eigenvalue weighted by Crippen LogP contribution is -2.44. The number of hydrogen-bond donors (Lipinski definition) is 1. The predicted molar refractivity (Wildman–Crippen MR) is 95.0 cm³/mol. The van der Waals surface area contributed by atoms with Crippen LogP contribution in [0, 0.1) is 0 Å². The van der Waals surface area contributed by atoms with Gasteiger partial charge in [0.15, 0.2) is 0 Å². The van der Waals surface area contributed by atoms with Crippen molar-refractivity contribution in [3.8, 4) is 0 Å². The molecule has 0 atom stereocenters. The van der Waals surface area contributed by atoms with E-state index in [-0.39, 0.29) is 17.5 Å². The van der Waals surface area contributed by atoms with Crippen LogP contribution in [-0.4, -0.2) is 38.6 Å². The summed E-state index contributed by atoms with van der Waals surface area (Å²) >= 11 is 0. The number of carboxylic acid groups (broad SMARTS) is 1. The van der Waals surface area contributed by atoms with Crippen molar-refractivity contribution >= 4 is 5.97 Å². The van der Waals surface area contributed by atoms with Crippen molar-refractivity contribution in [3.05, 3.63) is 48.3 Å². The minimum Gasteiger partial charge on any atom is -0.481 e. The van der Waals surface area contributed by atoms with Gasteiger partial charge >= 0.3 is 5.97 Å². The summed E-state index contributed by atoms with van der Waals surface area (Å²) in [5, 5.41) is 8.37. The van der Waals surface area contributed by atoms with Crippen LogP contribution < -0.4 is 0 Å². The van der Waals surface area contributed by atoms with E-state index >= 15 is 0 Å². The largest absolute Gasteiger partial charge is 0.481 e. The topological polar surface area (TPSA) is 43.8 Å². The molecule has 1 aliphatic heterocycles. The fourth-order valence-electron chi connectivity index (χ4n) is 2.06. The molecule has 4 heteroatoms. The maximum atomic E-state index is 10.2. The highest BCUT2D eigenvalue weighted by Crippen LogP contribution is 2.24. The Morgan fingerprint density at radius 3 is 1.70 bits per heavy atom. The Bertz CT molecular complexity index is 503. The van der Waals surface area contributed by atoms with Crippen molar-refractivity contribution in [2.45, 2.75) is 59.0 Å². The molecule has 1 aromatic rings. The molecule has 0 aliphatic carbocycles. The second-order valence-corrected chi connectivity index (χ2v) is 7.78. The SMILES string of the molecule is CC(C)(C)N1C=CN(C(C)(C)C)C1.O=C(O)Cc1ccccc1. The summed E-state index contributed by atoms with van der Waals surface area (Å²) in [6, 6.07) is 9.13. The van der Waals surface area contributed by atoms with E-state index in [0.717, 1.165) is 12.2 Å². The first-order chi connectivity index (χ1) is 10.5. The van der Waals surface area contributed by atoms with Crippen LogP contribution in [0.15, 0.2) is 42.7 Å². The highest BCUT2D eigenvalue weighted by atomic mass is 16.4. The van der Waals surface area contributed by atoms with Gasteiger partial charge in [0.2, 0.25) is 0 Å². The summed E-state index contributed by atoms with van der Waals surface area (Å²) in [6.07, 6.45) is 4.48. The third kappa shape index (κ3) is 6.76. The van der Waals surface area contributed by atoms with Gasteiger partial charge in [-0.1, -0.05) is 30.3 Å². The second-order valence-electron chi connectivity index (χ2n) is 7.78. The Morgan fingerprint density at radius 2 is 1.39 bits per heavy atom. The van der Waals surface area contributed by atoms with E-state index in [4.69, 9.17) is 5.11 Å². The van der Waals surface area contributed by atoms with Crippen molar-refractivity contribution in [3.63, 3.8) is 0 Å². The van der Waals surface area contributed by atoms with Crippen LogP contribution in [0.4, 0.5) is 0 Å². The molecule has 1 aliphatic rings. The summed E-state index contributed by atoms with van der Waals surface area (Å²) in [4.78, 5) is 14.9. The van der Waals surface area contributed by atoms with Crippen molar-refractivity contribution in [2.24, 2.45) is 0 Å². The number of hydrogen-bond acceptors (Lipinski definition) is 3. The van der Waals surface area contributed by atoms with E-state index in [0.29, 0.717) is 0 Å². The molecule has 0 saturated heterocycles. The summed E-state index contributed by atoms with van der Waals surface area (Å²) in [7, 11) is 0. The monoisotopic (exact) mass is 318 g/mol. The predicted octanol–water partition coefficient (Wildman–Crippen LogP) is 3.94. The third-order valence-corrected chi connectivity index (χ3v) is 3.65. The number of nitrogens with zero attached hydrogens (tertiary/aromatic N) is 2. The molecule has 2 rings (SSSR count). The van der Waals surface area contributed by atoms with Gasteiger partial charge in [-0.15, -0.1) is 0 Å². The van der Waals surface area contributed by atoms with E-state index < -0.39 is 5.97 Å². The smallest absolute Gasteiger partial charge is 0.307 e. The lowest BCUT2D eigenvalue weighted by Gasteiger charge is -2.38. The van der Waals surface area contributed by atoms with E-state index in [1.807, 2.05) is 18.2 Å². The highest BCUT2D eigenvalue weighted by Gasteiger charge is 2.28. The van der Waals surface area contributed by atoms with Gasteiger partial charge in [0, 0.05) is 23.5 Å². The molecular formula is C19H30N2O2. The molecule has 0 amide bonds. The van der Waals surface area contributed by atoms with Crippen molar-refractivity contribution < 1.29 is 9.90 Å². The molecule has 0 saturated carbocycles. The molecule has 1 aromatic carbocycles. The van der Waals surface area contributed by atoms with Gasteiger partial charge in [-0.2, -0.15) is 0 Å². The average molecular weight is 318 g/mol. The van der Waals surface area contributed by atoms with Crippen LogP contribution in [0.1, 0.15) is 47.1 Å². The van der Waals surface area contributed by atoms with Crippen molar-refractivity contribution in [1.82, 2.24) is 9.80 Å². The molecule has 0 spiro atoms. The number of rotatable bonds is 2. The zero-order valence-corrected chi connectivity index (χ0v) is 15.2. The Kier molecular flexibility index (Phi) is 6.25. The zero-order chi connectivity index (χ0) is 17.7. The summed E-state index contributed by atoms with van der Waals surface area (Å²) in [6.45, 7) is 14.4. The van der Waals surface area contributed by atoms with Crippen molar-refractivity contribution in [2.75, 3.05) is 6.67 Å². The van der Waals surface area contributed by atoms with Crippen LogP contribution in [-0.2, 0) is 11.2 Å². The fourth-order valence-corrected chi connectivity index (χ4v) is 2.06. The minimum atomic E-state index is -0.786. The highest BCUT2D eigenvalue weighted by molar-refractivity contribution is 5.70. The van der Waals surface area contributed by atoms with Gasteiger partial charge in [-0.3, -0.25) is 4.79 Å². The van der Waals surface area contributed by atoms with E-state index in [1.54, 1.807) is 12.1 Å². The van der Waals surface area contributed by atoms with Crippen LogP contribution >= 0.6 is 0 Å². The van der Waals surface area contributed by atoms with Gasteiger partial charge in [-0.05, 0) is 47.1 Å². The molecular weight excluding hydrogens is 288 g/mol. The fraction of sp³-hybridized carbons (Fsp3) is 0.526. The van der Waals surface area contributed by atoms with Crippen LogP contribution in [0.2, 0.25) is 0 Å². The zero-order valence-electron chi connectivity index (χ0n) is 15.2. The van der Waals surface area contributed by atoms with Gasteiger partial charge < -0.3 is 14.9 Å². The second kappa shape index (κ2) is 7.53. The Morgan fingerprint density at radius 1 is 0.957 bits per heavy atom. The first kappa shape index (κ1) is 19.1. The standard InChI is InChI=1S/C11H22N2.C8H8O2/c1-10(2,3)12-7-8-13(9-12)11(4,5)6;9-8(10)6-7-4-2-1-3-5-7/h7-8H,9H2,1-6H3;1-5H,6H2,(H,9,10). The first-order valence-corrected chi connectivity index (χ1v) is 7.97. The molecule has 1 N–H and O–H groups in total. The number of aliphatic carboxylic acids is 1. The summed E-state index contributed by atoms with van der Waals surface area (Å²) in [5.74, 6) is -0.786. The van der Waals surface area contributed by atoms with Crippen LogP contribution in [0.3, 0.4) is 0 Å². The Hall–Kier alpha value is -1.97. The average Bonchev–Trinajstić information content (AvgIpc) is 2.89. The number of carbonyl (C=O) groups is 1. The minimum absolute atomic E-state index is 0.112. The molecule has 128 valence electrons. The molecule has 0 radical (unpaired) electrons. The maximum Gasteiger partial charge on any atom is 0.307 e. The summed E-state index contributed by atoms with van der Waals surface area (Å²) < 4.78 is 0. The molecule has 1 heterocycles. The van der Waals surface area contributed by atoms with Crippen LogP contribution in [0.25, 0.3) is 0 Å². The van der Waals surface area contributed by atoms with Crippen LogP contribution in [0.5, 0.6) is 0 Å². The van der Waals surface area contributed by atoms with E-state index in [1.165, 1.54) is 0 Å². The van der Waals surface area contributed by atoms with Crippen molar-refractivity contribution in [1.29, 1.82) is 0 Å². The molecule has 0 fully saturated rings. The number of benzene rings is 1.